The zero-order chi connectivity index (χ0) is 24.5. The van der Waals surface area contributed by atoms with Gasteiger partial charge in [-0.2, -0.15) is 4.31 Å². The number of hydrogen-bond donors (Lipinski definition) is 2. The van der Waals surface area contributed by atoms with Gasteiger partial charge in [0.05, 0.1) is 16.1 Å². The van der Waals surface area contributed by atoms with Gasteiger partial charge in [-0.15, -0.1) is 0 Å². The van der Waals surface area contributed by atoms with Crippen LogP contribution in [-0.4, -0.2) is 37.6 Å². The van der Waals surface area contributed by atoms with E-state index in [1.807, 2.05) is 0 Å². The molecule has 1 aliphatic heterocycles. The predicted octanol–water partition coefficient (Wildman–Crippen LogP) is 4.98. The fourth-order valence-electron chi connectivity index (χ4n) is 3.57. The third kappa shape index (κ3) is 4.63. The minimum atomic E-state index is -3.61. The number of hydrogen-bond acceptors (Lipinski definition) is 5. The van der Waals surface area contributed by atoms with E-state index in [9.17, 15) is 18.0 Å². The number of nitrogens with zero attached hydrogens (tertiary/aromatic N) is 1. The number of rotatable bonds is 6. The third-order valence-corrected chi connectivity index (χ3v) is 7.65. The maximum absolute atomic E-state index is 12.7. The first kappa shape index (κ1) is 23.7. The van der Waals surface area contributed by atoms with Crippen molar-refractivity contribution < 1.29 is 22.7 Å². The minimum absolute atomic E-state index is 0.117. The van der Waals surface area contributed by atoms with Gasteiger partial charge in [-0.25, -0.2) is 8.42 Å². The SMILES string of the molecule is CCN(CC)S(=O)(=O)c1ccc(C(=O)Nc2ccc3c(c2)C(=O)Nc2cc(Cl)ccc2O3)cc1. The molecule has 1 heterocycles. The van der Waals surface area contributed by atoms with Gasteiger partial charge in [0.25, 0.3) is 11.8 Å². The van der Waals surface area contributed by atoms with Crippen molar-refractivity contribution >= 4 is 44.8 Å². The number of benzene rings is 3. The number of amides is 2. The minimum Gasteiger partial charge on any atom is -0.454 e. The number of sulfonamides is 1. The fourth-order valence-corrected chi connectivity index (χ4v) is 5.20. The van der Waals surface area contributed by atoms with Gasteiger partial charge in [0.1, 0.15) is 5.75 Å². The topological polar surface area (TPSA) is 105 Å². The lowest BCUT2D eigenvalue weighted by atomic mass is 10.1. The van der Waals surface area contributed by atoms with Crippen LogP contribution in [0.15, 0.2) is 65.6 Å². The van der Waals surface area contributed by atoms with Crippen molar-refractivity contribution in [3.05, 3.63) is 76.8 Å². The fraction of sp³-hybridized carbons (Fsp3) is 0.167. The molecule has 0 atom stereocenters. The predicted molar refractivity (Wildman–Crippen MR) is 130 cm³/mol. The first-order valence-corrected chi connectivity index (χ1v) is 12.4. The maximum atomic E-state index is 12.7. The van der Waals surface area contributed by atoms with Gasteiger partial charge in [0.15, 0.2) is 5.75 Å². The van der Waals surface area contributed by atoms with Crippen LogP contribution in [0.5, 0.6) is 11.5 Å². The molecule has 0 radical (unpaired) electrons. The normalized spacial score (nSPS) is 12.8. The summed E-state index contributed by atoms with van der Waals surface area (Å²) in [7, 11) is -3.61. The summed E-state index contributed by atoms with van der Waals surface area (Å²) < 4.78 is 32.4. The average Bonchev–Trinajstić information content (AvgIpc) is 2.95. The molecule has 3 aromatic carbocycles. The molecule has 176 valence electrons. The molecule has 0 bridgehead atoms. The molecule has 0 fully saturated rings. The summed E-state index contributed by atoms with van der Waals surface area (Å²) in [5.74, 6) is -0.0644. The Labute approximate surface area is 202 Å². The number of ether oxygens (including phenoxy) is 1. The second kappa shape index (κ2) is 9.46. The van der Waals surface area contributed by atoms with E-state index >= 15 is 0 Å². The average molecular weight is 500 g/mol. The zero-order valence-corrected chi connectivity index (χ0v) is 20.0. The molecule has 0 saturated heterocycles. The summed E-state index contributed by atoms with van der Waals surface area (Å²) in [4.78, 5) is 25.6. The first-order chi connectivity index (χ1) is 16.2. The summed E-state index contributed by atoms with van der Waals surface area (Å²) in [6.07, 6.45) is 0. The standard InChI is InChI=1S/C24H22ClN3O5S/c1-3-28(4-2)34(31,32)18-9-5-15(6-10-18)23(29)26-17-8-12-21-19(14-17)24(30)27-20-13-16(25)7-11-22(20)33-21/h5-14H,3-4H2,1-2H3,(H,26,29)(H,27,30). The van der Waals surface area contributed by atoms with Crippen LogP contribution in [0.1, 0.15) is 34.6 Å². The third-order valence-electron chi connectivity index (χ3n) is 5.35. The second-order valence-corrected chi connectivity index (χ2v) is 9.85. The molecule has 4 rings (SSSR count). The van der Waals surface area contributed by atoms with Crippen molar-refractivity contribution in [2.45, 2.75) is 18.7 Å². The van der Waals surface area contributed by atoms with E-state index in [2.05, 4.69) is 10.6 Å². The molecule has 2 N–H and O–H groups in total. The van der Waals surface area contributed by atoms with Gasteiger partial charge < -0.3 is 15.4 Å². The highest BCUT2D eigenvalue weighted by molar-refractivity contribution is 7.89. The van der Waals surface area contributed by atoms with E-state index in [4.69, 9.17) is 16.3 Å². The molecule has 0 saturated carbocycles. The van der Waals surface area contributed by atoms with Crippen LogP contribution < -0.4 is 15.4 Å². The van der Waals surface area contributed by atoms with Crippen molar-refractivity contribution in [3.63, 3.8) is 0 Å². The Morgan fingerprint density at radius 1 is 1.00 bits per heavy atom. The highest BCUT2D eigenvalue weighted by atomic mass is 35.5. The van der Waals surface area contributed by atoms with Gasteiger partial charge in [-0.1, -0.05) is 25.4 Å². The van der Waals surface area contributed by atoms with Crippen molar-refractivity contribution in [1.82, 2.24) is 4.31 Å². The van der Waals surface area contributed by atoms with Crippen molar-refractivity contribution in [1.29, 1.82) is 0 Å². The summed E-state index contributed by atoms with van der Waals surface area (Å²) in [5, 5.41) is 5.93. The largest absolute Gasteiger partial charge is 0.454 e. The van der Waals surface area contributed by atoms with E-state index in [-0.39, 0.29) is 16.0 Å². The summed E-state index contributed by atoms with van der Waals surface area (Å²) in [6, 6.07) is 15.3. The number of carbonyl (C=O) groups excluding carboxylic acids is 2. The number of nitrogens with one attached hydrogen (secondary N) is 2. The van der Waals surface area contributed by atoms with E-state index in [0.29, 0.717) is 41.0 Å². The highest BCUT2D eigenvalue weighted by Gasteiger charge is 2.23. The zero-order valence-electron chi connectivity index (χ0n) is 18.5. The second-order valence-electron chi connectivity index (χ2n) is 7.48. The molecule has 2 amide bonds. The molecule has 0 spiro atoms. The van der Waals surface area contributed by atoms with Crippen LogP contribution in [0.2, 0.25) is 5.02 Å². The maximum Gasteiger partial charge on any atom is 0.259 e. The molecular formula is C24H22ClN3O5S. The van der Waals surface area contributed by atoms with Crippen molar-refractivity contribution in [2.75, 3.05) is 23.7 Å². The molecule has 1 aliphatic rings. The van der Waals surface area contributed by atoms with Gasteiger partial charge in [-0.3, -0.25) is 9.59 Å². The molecule has 0 unspecified atom stereocenters. The summed E-state index contributed by atoms with van der Waals surface area (Å²) >= 11 is 6.00. The quantitative estimate of drug-likeness (QED) is 0.497. The summed E-state index contributed by atoms with van der Waals surface area (Å²) in [6.45, 7) is 4.24. The molecular weight excluding hydrogens is 478 g/mol. The smallest absolute Gasteiger partial charge is 0.259 e. The Balaban J connectivity index is 1.53. The number of carbonyl (C=O) groups is 2. The van der Waals surface area contributed by atoms with Crippen molar-refractivity contribution in [2.24, 2.45) is 0 Å². The first-order valence-electron chi connectivity index (χ1n) is 10.6. The van der Waals surface area contributed by atoms with Crippen LogP contribution in [0.4, 0.5) is 11.4 Å². The monoisotopic (exact) mass is 499 g/mol. The number of fused-ring (bicyclic) bond motifs is 2. The number of anilines is 2. The van der Waals surface area contributed by atoms with E-state index < -0.39 is 21.8 Å². The van der Waals surface area contributed by atoms with Crippen LogP contribution >= 0.6 is 11.6 Å². The lowest BCUT2D eigenvalue weighted by molar-refractivity contribution is 0.101. The molecule has 10 heteroatoms. The Morgan fingerprint density at radius 2 is 1.68 bits per heavy atom. The van der Waals surface area contributed by atoms with Gasteiger partial charge in [0.2, 0.25) is 10.0 Å². The lowest BCUT2D eigenvalue weighted by Gasteiger charge is -2.18. The molecule has 34 heavy (non-hydrogen) atoms. The number of halogens is 1. The van der Waals surface area contributed by atoms with Gasteiger partial charge in [-0.05, 0) is 60.7 Å². The Morgan fingerprint density at radius 3 is 2.35 bits per heavy atom. The van der Waals surface area contributed by atoms with Gasteiger partial charge in [0, 0.05) is 29.4 Å². The Hall–Kier alpha value is -3.40. The molecule has 0 aromatic heterocycles. The van der Waals surface area contributed by atoms with E-state index in [1.54, 1.807) is 44.2 Å². The summed E-state index contributed by atoms with van der Waals surface area (Å²) in [5.41, 5.74) is 1.34. The van der Waals surface area contributed by atoms with Crippen LogP contribution in [0, 0.1) is 0 Å². The lowest BCUT2D eigenvalue weighted by Crippen LogP contribution is -2.30. The van der Waals surface area contributed by atoms with Crippen LogP contribution in [0.25, 0.3) is 0 Å². The molecule has 0 aliphatic carbocycles. The van der Waals surface area contributed by atoms with E-state index in [0.717, 1.165) is 0 Å². The van der Waals surface area contributed by atoms with E-state index in [1.165, 1.54) is 34.6 Å². The highest BCUT2D eigenvalue weighted by Crippen LogP contribution is 2.38. The Kier molecular flexibility index (Phi) is 6.60. The van der Waals surface area contributed by atoms with Crippen LogP contribution in [0.3, 0.4) is 0 Å². The Bertz CT molecular complexity index is 1370. The molecule has 3 aromatic rings. The van der Waals surface area contributed by atoms with Crippen LogP contribution in [-0.2, 0) is 10.0 Å². The molecule has 8 nitrogen and oxygen atoms in total. The van der Waals surface area contributed by atoms with Crippen molar-refractivity contribution in [3.8, 4) is 11.5 Å². The van der Waals surface area contributed by atoms with Gasteiger partial charge >= 0.3 is 0 Å².